The second-order valence-electron chi connectivity index (χ2n) is 5.69. The molecule has 0 fully saturated rings. The molecule has 27 heavy (non-hydrogen) atoms. The number of hydrogen-bond acceptors (Lipinski definition) is 6. The number of nitrogens with one attached hydrogen (secondary N) is 1. The van der Waals surface area contributed by atoms with E-state index in [4.69, 9.17) is 21.1 Å². The number of benzene rings is 2. The van der Waals surface area contributed by atoms with E-state index in [1.165, 1.54) is 12.3 Å². The average Bonchev–Trinajstić information content (AvgIpc) is 2.65. The lowest BCUT2D eigenvalue weighted by Gasteiger charge is -2.12. The lowest BCUT2D eigenvalue weighted by molar-refractivity contribution is -0.385. The lowest BCUT2D eigenvalue weighted by atomic mass is 10.1. The van der Waals surface area contributed by atoms with Crippen LogP contribution in [0.2, 0.25) is 5.02 Å². The average molecular weight is 392 g/mol. The van der Waals surface area contributed by atoms with Crippen molar-refractivity contribution in [3.05, 3.63) is 57.1 Å². The van der Waals surface area contributed by atoms with Gasteiger partial charge >= 0.3 is 5.69 Å². The van der Waals surface area contributed by atoms with E-state index in [0.29, 0.717) is 35.2 Å². The third-order valence-electron chi connectivity index (χ3n) is 3.43. The second kappa shape index (κ2) is 10.4. The molecule has 0 amide bonds. The molecule has 0 aliphatic heterocycles. The van der Waals surface area contributed by atoms with Gasteiger partial charge in [0.05, 0.1) is 30.0 Å². The molecule has 7 nitrogen and oxygen atoms in total. The van der Waals surface area contributed by atoms with Gasteiger partial charge in [0, 0.05) is 22.7 Å². The molecule has 0 aromatic heterocycles. The maximum Gasteiger partial charge on any atom is 0.311 e. The van der Waals surface area contributed by atoms with Crippen LogP contribution in [0.15, 0.2) is 41.5 Å². The molecule has 0 saturated heterocycles. The fourth-order valence-electron chi connectivity index (χ4n) is 2.21. The van der Waals surface area contributed by atoms with Crippen LogP contribution in [0.25, 0.3) is 0 Å². The Morgan fingerprint density at radius 1 is 1.15 bits per heavy atom. The van der Waals surface area contributed by atoms with Crippen LogP contribution in [-0.2, 0) is 0 Å². The van der Waals surface area contributed by atoms with E-state index in [9.17, 15) is 10.1 Å². The minimum Gasteiger partial charge on any atom is -0.493 e. The highest BCUT2D eigenvalue weighted by atomic mass is 35.5. The zero-order chi connectivity index (χ0) is 19.6. The van der Waals surface area contributed by atoms with Crippen LogP contribution in [0.1, 0.15) is 32.3 Å². The summed E-state index contributed by atoms with van der Waals surface area (Å²) in [6.07, 6.45) is 3.02. The molecule has 0 aliphatic rings. The number of nitrogens with zero attached hydrogens (tertiary/aromatic N) is 2. The molecule has 0 radical (unpaired) electrons. The summed E-state index contributed by atoms with van der Waals surface area (Å²) >= 11 is 5.94. The number of hydrazone groups is 1. The van der Waals surface area contributed by atoms with Crippen LogP contribution >= 0.6 is 11.6 Å². The number of halogens is 1. The summed E-state index contributed by atoms with van der Waals surface area (Å²) in [7, 11) is 0. The predicted octanol–water partition coefficient (Wildman–Crippen LogP) is 5.27. The first-order chi connectivity index (χ1) is 13.0. The highest BCUT2D eigenvalue weighted by molar-refractivity contribution is 6.30. The van der Waals surface area contributed by atoms with E-state index in [1.807, 2.05) is 19.9 Å². The lowest BCUT2D eigenvalue weighted by Crippen LogP contribution is -2.04. The van der Waals surface area contributed by atoms with Crippen molar-refractivity contribution in [2.75, 3.05) is 18.6 Å². The molecule has 0 bridgehead atoms. The molecular weight excluding hydrogens is 370 g/mol. The van der Waals surface area contributed by atoms with Crippen molar-refractivity contribution >= 4 is 29.2 Å². The second-order valence-corrected chi connectivity index (χ2v) is 6.13. The van der Waals surface area contributed by atoms with Crippen LogP contribution in [0, 0.1) is 10.1 Å². The van der Waals surface area contributed by atoms with Crippen molar-refractivity contribution in [1.82, 2.24) is 0 Å². The van der Waals surface area contributed by atoms with Gasteiger partial charge in [0.15, 0.2) is 0 Å². The van der Waals surface area contributed by atoms with E-state index < -0.39 is 4.92 Å². The predicted molar refractivity (Wildman–Crippen MR) is 107 cm³/mol. The Morgan fingerprint density at radius 2 is 1.85 bits per heavy atom. The molecule has 1 N–H and O–H groups in total. The first-order valence-electron chi connectivity index (χ1n) is 8.67. The molecule has 2 rings (SSSR count). The summed E-state index contributed by atoms with van der Waals surface area (Å²) in [4.78, 5) is 10.9. The molecule has 8 heteroatoms. The number of anilines is 1. The van der Waals surface area contributed by atoms with Crippen LogP contribution in [0.3, 0.4) is 0 Å². The molecule has 0 atom stereocenters. The molecule has 144 valence electrons. The normalized spacial score (nSPS) is 10.8. The van der Waals surface area contributed by atoms with Gasteiger partial charge in [-0.15, -0.1) is 0 Å². The van der Waals surface area contributed by atoms with Crippen LogP contribution in [-0.4, -0.2) is 24.4 Å². The standard InChI is InChI=1S/C19H22ClN3O4/c1-3-8-26-18-12-19(27-9-4-2)17(23(24)25)10-14(18)13-21-22-16-7-5-6-15(20)11-16/h5-7,10-13,22H,3-4,8-9H2,1-2H3. The largest absolute Gasteiger partial charge is 0.493 e. The van der Waals surface area contributed by atoms with Crippen LogP contribution in [0.5, 0.6) is 11.5 Å². The van der Waals surface area contributed by atoms with Crippen molar-refractivity contribution in [3.63, 3.8) is 0 Å². The van der Waals surface area contributed by atoms with Gasteiger partial charge < -0.3 is 9.47 Å². The number of hydrogen-bond donors (Lipinski definition) is 1. The number of ether oxygens (including phenoxy) is 2. The Labute approximate surface area is 163 Å². The Balaban J connectivity index is 2.31. The number of rotatable bonds is 10. The topological polar surface area (TPSA) is 86.0 Å². The summed E-state index contributed by atoms with van der Waals surface area (Å²) in [6.45, 7) is 4.78. The van der Waals surface area contributed by atoms with Crippen molar-refractivity contribution in [1.29, 1.82) is 0 Å². The van der Waals surface area contributed by atoms with Crippen molar-refractivity contribution in [2.24, 2.45) is 5.10 Å². The van der Waals surface area contributed by atoms with Gasteiger partial charge in [-0.25, -0.2) is 0 Å². The fraction of sp³-hybridized carbons (Fsp3) is 0.316. The van der Waals surface area contributed by atoms with E-state index in [1.54, 1.807) is 24.3 Å². The van der Waals surface area contributed by atoms with Gasteiger partial charge in [-0.3, -0.25) is 15.5 Å². The molecule has 0 aliphatic carbocycles. The van der Waals surface area contributed by atoms with Gasteiger partial charge in [0.25, 0.3) is 0 Å². The maximum absolute atomic E-state index is 11.4. The zero-order valence-electron chi connectivity index (χ0n) is 15.3. The highest BCUT2D eigenvalue weighted by Gasteiger charge is 2.20. The SMILES string of the molecule is CCCOc1cc(OCCC)c([N+](=O)[O-])cc1C=NNc1cccc(Cl)c1. The smallest absolute Gasteiger partial charge is 0.311 e. The van der Waals surface area contributed by atoms with Crippen LogP contribution < -0.4 is 14.9 Å². The quantitative estimate of drug-likeness (QED) is 0.338. The first kappa shape index (κ1) is 20.5. The minimum atomic E-state index is -0.476. The third kappa shape index (κ3) is 6.14. The molecule has 0 saturated carbocycles. The summed E-state index contributed by atoms with van der Waals surface area (Å²) in [5, 5.41) is 16.1. The maximum atomic E-state index is 11.4. The first-order valence-corrected chi connectivity index (χ1v) is 9.05. The van der Waals surface area contributed by atoms with Gasteiger partial charge in [-0.2, -0.15) is 5.10 Å². The van der Waals surface area contributed by atoms with Crippen LogP contribution in [0.4, 0.5) is 11.4 Å². The van der Waals surface area contributed by atoms with E-state index in [0.717, 1.165) is 12.8 Å². The molecule has 0 spiro atoms. The van der Waals surface area contributed by atoms with Crippen molar-refractivity contribution in [2.45, 2.75) is 26.7 Å². The Hall–Kier alpha value is -2.80. The number of nitro groups is 1. The van der Waals surface area contributed by atoms with E-state index >= 15 is 0 Å². The fourth-order valence-corrected chi connectivity index (χ4v) is 2.40. The number of nitro benzene ring substituents is 1. The van der Waals surface area contributed by atoms with Crippen molar-refractivity contribution in [3.8, 4) is 11.5 Å². The Morgan fingerprint density at radius 3 is 2.48 bits per heavy atom. The molecule has 0 heterocycles. The molecule has 2 aromatic rings. The Bertz CT molecular complexity index is 812. The van der Waals surface area contributed by atoms with E-state index in [-0.39, 0.29) is 11.4 Å². The third-order valence-corrected chi connectivity index (χ3v) is 3.67. The molecule has 2 aromatic carbocycles. The van der Waals surface area contributed by atoms with Gasteiger partial charge in [0.1, 0.15) is 5.75 Å². The monoisotopic (exact) mass is 391 g/mol. The minimum absolute atomic E-state index is 0.128. The van der Waals surface area contributed by atoms with Gasteiger partial charge in [-0.1, -0.05) is 31.5 Å². The van der Waals surface area contributed by atoms with E-state index in [2.05, 4.69) is 10.5 Å². The molecular formula is C19H22ClN3O4. The summed E-state index contributed by atoms with van der Waals surface area (Å²) < 4.78 is 11.2. The molecule has 0 unspecified atom stereocenters. The summed E-state index contributed by atoms with van der Waals surface area (Å²) in [6, 6.07) is 10.0. The van der Waals surface area contributed by atoms with Gasteiger partial charge in [-0.05, 0) is 31.0 Å². The Kier molecular flexibility index (Phi) is 7.88. The van der Waals surface area contributed by atoms with Crippen molar-refractivity contribution < 1.29 is 14.4 Å². The highest BCUT2D eigenvalue weighted by Crippen LogP contribution is 2.34. The summed E-state index contributed by atoms with van der Waals surface area (Å²) in [5.41, 5.74) is 3.90. The van der Waals surface area contributed by atoms with Gasteiger partial charge in [0.2, 0.25) is 5.75 Å². The zero-order valence-corrected chi connectivity index (χ0v) is 16.0. The summed E-state index contributed by atoms with van der Waals surface area (Å²) in [5.74, 6) is 0.665.